The first-order chi connectivity index (χ1) is 10.8. The average molecular weight is 325 g/mol. The first-order valence-corrected chi connectivity index (χ1v) is 6.75. The van der Waals surface area contributed by atoms with Crippen LogP contribution in [0.25, 0.3) is 11.3 Å². The smallest absolute Gasteiger partial charge is 0.356 e. The fourth-order valence-corrected chi connectivity index (χ4v) is 1.91. The minimum atomic E-state index is -1.31. The first kappa shape index (κ1) is 16.8. The summed E-state index contributed by atoms with van der Waals surface area (Å²) >= 11 is 0. The largest absolute Gasteiger partial charge is 0.488 e. The van der Waals surface area contributed by atoms with Gasteiger partial charge >= 0.3 is 5.97 Å². The predicted molar refractivity (Wildman–Crippen MR) is 76.7 cm³/mol. The van der Waals surface area contributed by atoms with Crippen LogP contribution >= 0.6 is 0 Å². The van der Waals surface area contributed by atoms with Crippen molar-refractivity contribution >= 4 is 5.97 Å². The van der Waals surface area contributed by atoms with Crippen molar-refractivity contribution in [1.82, 2.24) is 4.98 Å². The van der Waals surface area contributed by atoms with E-state index in [2.05, 4.69) is 9.72 Å². The van der Waals surface area contributed by atoms with Crippen molar-refractivity contribution in [3.8, 4) is 17.0 Å². The number of esters is 1. The lowest BCUT2D eigenvalue weighted by molar-refractivity contribution is 0.0594. The van der Waals surface area contributed by atoms with Crippen molar-refractivity contribution < 1.29 is 27.4 Å². The summed E-state index contributed by atoms with van der Waals surface area (Å²) < 4.78 is 51.7. The average Bonchev–Trinajstić information content (AvgIpc) is 2.52. The van der Waals surface area contributed by atoms with Crippen molar-refractivity contribution in [3.63, 3.8) is 0 Å². The van der Waals surface area contributed by atoms with E-state index in [4.69, 9.17) is 4.74 Å². The first-order valence-electron chi connectivity index (χ1n) is 6.75. The molecule has 0 amide bonds. The van der Waals surface area contributed by atoms with Crippen LogP contribution in [-0.2, 0) is 4.74 Å². The maximum absolute atomic E-state index is 14.2. The molecule has 0 unspecified atom stereocenters. The molecule has 1 heterocycles. The van der Waals surface area contributed by atoms with Crippen LogP contribution in [0.2, 0.25) is 0 Å². The van der Waals surface area contributed by atoms with Crippen LogP contribution in [0.5, 0.6) is 5.75 Å². The summed E-state index contributed by atoms with van der Waals surface area (Å²) in [6.07, 6.45) is -0.354. The van der Waals surface area contributed by atoms with E-state index in [9.17, 15) is 18.0 Å². The molecule has 0 bridgehead atoms. The van der Waals surface area contributed by atoms with Crippen molar-refractivity contribution in [2.75, 3.05) is 7.11 Å². The number of pyridine rings is 1. The summed E-state index contributed by atoms with van der Waals surface area (Å²) in [4.78, 5) is 15.1. The topological polar surface area (TPSA) is 48.4 Å². The molecule has 4 nitrogen and oxygen atoms in total. The number of rotatable bonds is 4. The molecule has 0 spiro atoms. The lowest BCUT2D eigenvalue weighted by atomic mass is 10.1. The quantitative estimate of drug-likeness (QED) is 0.804. The van der Waals surface area contributed by atoms with E-state index in [0.29, 0.717) is 0 Å². The summed E-state index contributed by atoms with van der Waals surface area (Å²) in [5.74, 6) is -4.55. The standard InChI is InChI=1S/C16H14F3NO3/c1-8(2)23-12-7-4-9(13(18)14(12)19)15-10(17)5-6-11(20-15)16(21)22-3/h4-8H,1-3H3. The van der Waals surface area contributed by atoms with Gasteiger partial charge in [-0.05, 0) is 38.1 Å². The Morgan fingerprint density at radius 2 is 1.78 bits per heavy atom. The Morgan fingerprint density at radius 3 is 2.39 bits per heavy atom. The molecule has 7 heteroatoms. The van der Waals surface area contributed by atoms with Crippen LogP contribution in [0.1, 0.15) is 24.3 Å². The number of halogens is 3. The molecule has 1 aromatic carbocycles. The third kappa shape index (κ3) is 3.44. The molecular weight excluding hydrogens is 311 g/mol. The fraction of sp³-hybridized carbons (Fsp3) is 0.250. The van der Waals surface area contributed by atoms with Gasteiger partial charge < -0.3 is 9.47 Å². The lowest BCUT2D eigenvalue weighted by Gasteiger charge is -2.13. The Hall–Kier alpha value is -2.57. The summed E-state index contributed by atoms with van der Waals surface area (Å²) in [7, 11) is 1.13. The maximum Gasteiger partial charge on any atom is 0.356 e. The highest BCUT2D eigenvalue weighted by Crippen LogP contribution is 2.30. The Labute approximate surface area is 130 Å². The van der Waals surface area contributed by atoms with Gasteiger partial charge in [0.05, 0.1) is 13.2 Å². The minimum absolute atomic E-state index is 0.216. The zero-order chi connectivity index (χ0) is 17.1. The van der Waals surface area contributed by atoms with E-state index in [1.807, 2.05) is 0 Å². The highest BCUT2D eigenvalue weighted by atomic mass is 19.2. The Morgan fingerprint density at radius 1 is 1.09 bits per heavy atom. The van der Waals surface area contributed by atoms with Gasteiger partial charge in [-0.3, -0.25) is 0 Å². The van der Waals surface area contributed by atoms with Crippen molar-refractivity contribution in [1.29, 1.82) is 0 Å². The maximum atomic E-state index is 14.2. The number of carbonyl (C=O) groups excluding carboxylic acids is 1. The number of aromatic nitrogens is 1. The number of carbonyl (C=O) groups is 1. The van der Waals surface area contributed by atoms with Gasteiger partial charge in [-0.25, -0.2) is 18.6 Å². The number of nitrogens with zero attached hydrogens (tertiary/aromatic N) is 1. The van der Waals surface area contributed by atoms with Gasteiger partial charge in [0.1, 0.15) is 17.2 Å². The summed E-state index contributed by atoms with van der Waals surface area (Å²) in [6, 6.07) is 4.35. The molecular formula is C16H14F3NO3. The third-order valence-corrected chi connectivity index (χ3v) is 2.91. The van der Waals surface area contributed by atoms with Gasteiger partial charge in [-0.15, -0.1) is 0 Å². The zero-order valence-electron chi connectivity index (χ0n) is 12.7. The predicted octanol–water partition coefficient (Wildman–Crippen LogP) is 3.74. The molecule has 0 saturated carbocycles. The van der Waals surface area contributed by atoms with Gasteiger partial charge in [-0.2, -0.15) is 4.39 Å². The van der Waals surface area contributed by atoms with E-state index in [1.54, 1.807) is 13.8 Å². The van der Waals surface area contributed by atoms with Crippen molar-refractivity contribution in [2.24, 2.45) is 0 Å². The van der Waals surface area contributed by atoms with E-state index in [1.165, 1.54) is 6.07 Å². The monoisotopic (exact) mass is 325 g/mol. The second kappa shape index (κ2) is 6.68. The van der Waals surface area contributed by atoms with Gasteiger partial charge in [0.2, 0.25) is 5.82 Å². The SMILES string of the molecule is COC(=O)c1ccc(F)c(-c2ccc(OC(C)C)c(F)c2F)n1. The molecule has 23 heavy (non-hydrogen) atoms. The van der Waals surface area contributed by atoms with Crippen molar-refractivity contribution in [2.45, 2.75) is 20.0 Å². The Bertz CT molecular complexity index is 748. The normalized spacial score (nSPS) is 10.7. The molecule has 0 aliphatic rings. The Balaban J connectivity index is 2.54. The second-order valence-corrected chi connectivity index (χ2v) is 4.92. The molecule has 0 saturated heterocycles. The van der Waals surface area contributed by atoms with Crippen LogP contribution in [-0.4, -0.2) is 24.2 Å². The highest BCUT2D eigenvalue weighted by Gasteiger charge is 2.21. The summed E-state index contributed by atoms with van der Waals surface area (Å²) in [6.45, 7) is 3.32. The van der Waals surface area contributed by atoms with E-state index >= 15 is 0 Å². The molecule has 1 aromatic heterocycles. The highest BCUT2D eigenvalue weighted by molar-refractivity contribution is 5.87. The number of ether oxygens (including phenoxy) is 2. The molecule has 0 radical (unpaired) electrons. The minimum Gasteiger partial charge on any atom is -0.488 e. The molecule has 122 valence electrons. The van der Waals surface area contributed by atoms with Gasteiger partial charge in [0.25, 0.3) is 0 Å². The fourth-order valence-electron chi connectivity index (χ4n) is 1.91. The van der Waals surface area contributed by atoms with E-state index < -0.39 is 34.7 Å². The molecule has 0 aliphatic carbocycles. The molecule has 0 atom stereocenters. The number of benzene rings is 1. The lowest BCUT2D eigenvalue weighted by Crippen LogP contribution is -2.09. The zero-order valence-corrected chi connectivity index (χ0v) is 12.7. The molecule has 2 rings (SSSR count). The van der Waals surface area contributed by atoms with Crippen LogP contribution < -0.4 is 4.74 Å². The number of methoxy groups -OCH3 is 1. The summed E-state index contributed by atoms with van der Waals surface area (Å²) in [5, 5.41) is 0. The summed E-state index contributed by atoms with van der Waals surface area (Å²) in [5.41, 5.74) is -1.12. The Kier molecular flexibility index (Phi) is 4.88. The van der Waals surface area contributed by atoms with Crippen LogP contribution in [0.15, 0.2) is 24.3 Å². The molecule has 0 fully saturated rings. The van der Waals surface area contributed by atoms with Crippen LogP contribution in [0, 0.1) is 17.5 Å². The van der Waals surface area contributed by atoms with E-state index in [0.717, 1.165) is 25.3 Å². The third-order valence-electron chi connectivity index (χ3n) is 2.91. The molecule has 0 aliphatic heterocycles. The van der Waals surface area contributed by atoms with Gasteiger partial charge in [-0.1, -0.05) is 0 Å². The molecule has 0 N–H and O–H groups in total. The number of hydrogen-bond acceptors (Lipinski definition) is 4. The van der Waals surface area contributed by atoms with Gasteiger partial charge in [0, 0.05) is 5.56 Å². The van der Waals surface area contributed by atoms with Gasteiger partial charge in [0.15, 0.2) is 11.6 Å². The molecule has 2 aromatic rings. The van der Waals surface area contributed by atoms with Crippen molar-refractivity contribution in [3.05, 3.63) is 47.4 Å². The van der Waals surface area contributed by atoms with Crippen LogP contribution in [0.3, 0.4) is 0 Å². The van der Waals surface area contributed by atoms with E-state index in [-0.39, 0.29) is 17.5 Å². The second-order valence-electron chi connectivity index (χ2n) is 4.92. The number of hydrogen-bond donors (Lipinski definition) is 0. The van der Waals surface area contributed by atoms with Crippen LogP contribution in [0.4, 0.5) is 13.2 Å².